The van der Waals surface area contributed by atoms with Crippen molar-refractivity contribution in [2.45, 2.75) is 19.9 Å². The van der Waals surface area contributed by atoms with Crippen LogP contribution in [0.4, 0.5) is 5.69 Å². The van der Waals surface area contributed by atoms with E-state index in [4.69, 9.17) is 4.74 Å². The predicted octanol–water partition coefficient (Wildman–Crippen LogP) is 2.62. The molecule has 0 radical (unpaired) electrons. The average Bonchev–Trinajstić information content (AvgIpc) is 2.29. The minimum atomic E-state index is -0.0971. The molecule has 0 saturated heterocycles. The van der Waals surface area contributed by atoms with Crippen molar-refractivity contribution in [2.24, 2.45) is 0 Å². The van der Waals surface area contributed by atoms with E-state index in [9.17, 15) is 4.79 Å². The van der Waals surface area contributed by atoms with Crippen molar-refractivity contribution in [3.8, 4) is 5.75 Å². The van der Waals surface area contributed by atoms with E-state index in [1.807, 2.05) is 38.1 Å². The summed E-state index contributed by atoms with van der Waals surface area (Å²) < 4.78 is 5.07. The smallest absolute Gasteiger partial charge is 0.250 e. The Kier molecular flexibility index (Phi) is 4.11. The molecule has 1 aromatic carbocycles. The van der Waals surface area contributed by atoms with E-state index in [1.54, 1.807) is 12.0 Å². The van der Waals surface area contributed by atoms with Crippen molar-refractivity contribution >= 4 is 11.6 Å². The normalized spacial score (nSPS) is 10.0. The van der Waals surface area contributed by atoms with Gasteiger partial charge in [-0.25, -0.2) is 0 Å². The standard InChI is InChI=1S/C13H17NO2/c1-5-13(15)14(10(2)3)11-6-8-12(16-4)9-7-11/h5-10H,1H2,2-4H3. The minimum absolute atomic E-state index is 0.0962. The lowest BCUT2D eigenvalue weighted by Gasteiger charge is -2.25. The Hall–Kier alpha value is -1.77. The number of benzene rings is 1. The molecule has 1 amide bonds. The molecular formula is C13H17NO2. The van der Waals surface area contributed by atoms with E-state index in [0.717, 1.165) is 11.4 Å². The van der Waals surface area contributed by atoms with E-state index < -0.39 is 0 Å². The Labute approximate surface area is 96.3 Å². The number of nitrogens with zero attached hydrogens (tertiary/aromatic N) is 1. The predicted molar refractivity (Wildman–Crippen MR) is 65.8 cm³/mol. The van der Waals surface area contributed by atoms with E-state index in [2.05, 4.69) is 6.58 Å². The maximum Gasteiger partial charge on any atom is 0.250 e. The zero-order valence-electron chi connectivity index (χ0n) is 9.93. The fraction of sp³-hybridized carbons (Fsp3) is 0.308. The molecule has 0 aliphatic heterocycles. The summed E-state index contributed by atoms with van der Waals surface area (Å²) in [6.07, 6.45) is 1.32. The molecule has 3 nitrogen and oxygen atoms in total. The van der Waals surface area contributed by atoms with E-state index in [-0.39, 0.29) is 11.9 Å². The fourth-order valence-electron chi connectivity index (χ4n) is 1.52. The highest BCUT2D eigenvalue weighted by Crippen LogP contribution is 2.21. The monoisotopic (exact) mass is 219 g/mol. The molecule has 16 heavy (non-hydrogen) atoms. The maximum atomic E-state index is 11.7. The Balaban J connectivity index is 3.01. The van der Waals surface area contributed by atoms with Crippen LogP contribution in [0.25, 0.3) is 0 Å². The maximum absolute atomic E-state index is 11.7. The van der Waals surface area contributed by atoms with Crippen LogP contribution in [-0.2, 0) is 4.79 Å². The first-order valence-corrected chi connectivity index (χ1v) is 5.19. The molecule has 0 aliphatic rings. The van der Waals surface area contributed by atoms with Crippen LogP contribution in [0.1, 0.15) is 13.8 Å². The number of hydrogen-bond acceptors (Lipinski definition) is 2. The molecule has 0 aliphatic carbocycles. The summed E-state index contributed by atoms with van der Waals surface area (Å²) in [5, 5.41) is 0. The highest BCUT2D eigenvalue weighted by molar-refractivity contribution is 6.01. The first kappa shape index (κ1) is 12.3. The molecule has 0 saturated carbocycles. The largest absolute Gasteiger partial charge is 0.497 e. The van der Waals surface area contributed by atoms with Crippen molar-refractivity contribution < 1.29 is 9.53 Å². The number of rotatable bonds is 4. The first-order valence-electron chi connectivity index (χ1n) is 5.19. The quantitative estimate of drug-likeness (QED) is 0.728. The molecule has 0 unspecified atom stereocenters. The van der Waals surface area contributed by atoms with Gasteiger partial charge in [0.1, 0.15) is 5.75 Å². The second-order valence-corrected chi connectivity index (χ2v) is 3.70. The summed E-state index contributed by atoms with van der Waals surface area (Å²) in [5.74, 6) is 0.679. The Morgan fingerprint density at radius 2 is 1.94 bits per heavy atom. The topological polar surface area (TPSA) is 29.5 Å². The van der Waals surface area contributed by atoms with Gasteiger partial charge >= 0.3 is 0 Å². The molecule has 0 atom stereocenters. The third kappa shape index (κ3) is 2.63. The second kappa shape index (κ2) is 5.35. The summed E-state index contributed by atoms with van der Waals surface area (Å²) in [5.41, 5.74) is 0.848. The number of methoxy groups -OCH3 is 1. The summed E-state index contributed by atoms with van der Waals surface area (Å²) in [6.45, 7) is 7.44. The van der Waals surface area contributed by atoms with Gasteiger partial charge in [0.25, 0.3) is 5.91 Å². The van der Waals surface area contributed by atoms with Crippen LogP contribution in [0.5, 0.6) is 5.75 Å². The van der Waals surface area contributed by atoms with Crippen LogP contribution < -0.4 is 9.64 Å². The van der Waals surface area contributed by atoms with Crippen LogP contribution >= 0.6 is 0 Å². The lowest BCUT2D eigenvalue weighted by atomic mass is 10.2. The number of anilines is 1. The molecule has 0 aromatic heterocycles. The van der Waals surface area contributed by atoms with E-state index >= 15 is 0 Å². The van der Waals surface area contributed by atoms with Crippen LogP contribution in [0.3, 0.4) is 0 Å². The van der Waals surface area contributed by atoms with Gasteiger partial charge < -0.3 is 9.64 Å². The lowest BCUT2D eigenvalue weighted by Crippen LogP contribution is -2.35. The summed E-state index contributed by atoms with van der Waals surface area (Å²) >= 11 is 0. The second-order valence-electron chi connectivity index (χ2n) is 3.70. The first-order chi connectivity index (χ1) is 7.60. The fourth-order valence-corrected chi connectivity index (χ4v) is 1.52. The summed E-state index contributed by atoms with van der Waals surface area (Å²) in [7, 11) is 1.62. The van der Waals surface area contributed by atoms with Gasteiger partial charge in [0.15, 0.2) is 0 Å². The van der Waals surface area contributed by atoms with Crippen molar-refractivity contribution in [1.29, 1.82) is 0 Å². The van der Waals surface area contributed by atoms with Gasteiger partial charge in [0.05, 0.1) is 7.11 Å². The van der Waals surface area contributed by atoms with Gasteiger partial charge in [0.2, 0.25) is 0 Å². The minimum Gasteiger partial charge on any atom is -0.497 e. The molecule has 0 bridgehead atoms. The SMILES string of the molecule is C=CC(=O)N(c1ccc(OC)cc1)C(C)C. The van der Waals surface area contributed by atoms with Crippen molar-refractivity contribution in [3.63, 3.8) is 0 Å². The molecular weight excluding hydrogens is 202 g/mol. The number of ether oxygens (including phenoxy) is 1. The summed E-state index contributed by atoms with van der Waals surface area (Å²) in [4.78, 5) is 13.4. The van der Waals surface area contributed by atoms with Gasteiger partial charge in [-0.15, -0.1) is 0 Å². The van der Waals surface area contributed by atoms with Gasteiger partial charge in [-0.2, -0.15) is 0 Å². The zero-order valence-corrected chi connectivity index (χ0v) is 9.93. The Bertz CT molecular complexity index is 368. The molecule has 1 aromatic rings. The van der Waals surface area contributed by atoms with Gasteiger partial charge in [-0.3, -0.25) is 4.79 Å². The van der Waals surface area contributed by atoms with Crippen molar-refractivity contribution in [2.75, 3.05) is 12.0 Å². The van der Waals surface area contributed by atoms with Crippen LogP contribution in [0, 0.1) is 0 Å². The third-order valence-corrected chi connectivity index (χ3v) is 2.28. The molecule has 0 N–H and O–H groups in total. The Morgan fingerprint density at radius 3 is 2.31 bits per heavy atom. The van der Waals surface area contributed by atoms with Gasteiger partial charge in [-0.1, -0.05) is 6.58 Å². The van der Waals surface area contributed by atoms with E-state index in [0.29, 0.717) is 0 Å². The van der Waals surface area contributed by atoms with Crippen LogP contribution in [-0.4, -0.2) is 19.1 Å². The Morgan fingerprint density at radius 1 is 1.38 bits per heavy atom. The highest BCUT2D eigenvalue weighted by Gasteiger charge is 2.15. The van der Waals surface area contributed by atoms with Crippen LogP contribution in [0.15, 0.2) is 36.9 Å². The molecule has 1 rings (SSSR count). The van der Waals surface area contributed by atoms with Crippen molar-refractivity contribution in [3.05, 3.63) is 36.9 Å². The van der Waals surface area contributed by atoms with Gasteiger partial charge in [0, 0.05) is 11.7 Å². The van der Waals surface area contributed by atoms with Gasteiger partial charge in [-0.05, 0) is 44.2 Å². The average molecular weight is 219 g/mol. The number of hydrogen-bond donors (Lipinski definition) is 0. The summed E-state index contributed by atoms with van der Waals surface area (Å²) in [6, 6.07) is 7.49. The molecule has 86 valence electrons. The van der Waals surface area contributed by atoms with E-state index in [1.165, 1.54) is 6.08 Å². The number of carbonyl (C=O) groups excluding carboxylic acids is 1. The molecule has 3 heteroatoms. The zero-order chi connectivity index (χ0) is 12.1. The lowest BCUT2D eigenvalue weighted by molar-refractivity contribution is -0.114. The third-order valence-electron chi connectivity index (χ3n) is 2.28. The molecule has 0 fully saturated rings. The number of amides is 1. The number of carbonyl (C=O) groups is 1. The molecule has 0 heterocycles. The highest BCUT2D eigenvalue weighted by atomic mass is 16.5. The van der Waals surface area contributed by atoms with Crippen LogP contribution in [0.2, 0.25) is 0 Å². The van der Waals surface area contributed by atoms with Crippen molar-refractivity contribution in [1.82, 2.24) is 0 Å². The molecule has 0 spiro atoms.